The molecule has 0 N–H and O–H groups in total. The molecule has 1 fully saturated rings. The fourth-order valence-corrected chi connectivity index (χ4v) is 2.13. The van der Waals surface area contributed by atoms with Crippen LogP contribution in [0.15, 0.2) is 24.3 Å². The minimum absolute atomic E-state index is 0.118. The lowest BCUT2D eigenvalue weighted by molar-refractivity contribution is -0.148. The van der Waals surface area contributed by atoms with Crippen molar-refractivity contribution in [2.45, 2.75) is 6.42 Å². The molecule has 0 aliphatic carbocycles. The van der Waals surface area contributed by atoms with Gasteiger partial charge < -0.3 is 14.2 Å². The van der Waals surface area contributed by atoms with Gasteiger partial charge in [-0.05, 0) is 30.7 Å². The number of methoxy groups -OCH3 is 1. The summed E-state index contributed by atoms with van der Waals surface area (Å²) in [7, 11) is 1.36. The van der Waals surface area contributed by atoms with Gasteiger partial charge in [-0.25, -0.2) is 4.39 Å². The van der Waals surface area contributed by atoms with Crippen molar-refractivity contribution in [2.24, 2.45) is 11.8 Å². The Balaban J connectivity index is 1.95. The van der Waals surface area contributed by atoms with Crippen LogP contribution in [0.25, 0.3) is 0 Å². The fraction of sp³-hybridized carbons (Fsp3) is 0.500. The molecular formula is C14H17FO4. The Morgan fingerprint density at radius 3 is 2.79 bits per heavy atom. The second kappa shape index (κ2) is 6.52. The molecule has 4 nitrogen and oxygen atoms in total. The first-order chi connectivity index (χ1) is 9.20. The highest BCUT2D eigenvalue weighted by Gasteiger charge is 2.32. The Morgan fingerprint density at radius 2 is 2.21 bits per heavy atom. The predicted octanol–water partition coefficient (Wildman–Crippen LogP) is 2.03. The van der Waals surface area contributed by atoms with E-state index in [9.17, 15) is 9.18 Å². The lowest BCUT2D eigenvalue weighted by Crippen LogP contribution is -2.31. The molecule has 1 aliphatic rings. The summed E-state index contributed by atoms with van der Waals surface area (Å²) in [6, 6.07) is 5.71. The van der Waals surface area contributed by atoms with Gasteiger partial charge in [-0.1, -0.05) is 0 Å². The van der Waals surface area contributed by atoms with Crippen LogP contribution >= 0.6 is 0 Å². The van der Waals surface area contributed by atoms with E-state index in [1.165, 1.54) is 31.4 Å². The van der Waals surface area contributed by atoms with Gasteiger partial charge in [-0.15, -0.1) is 0 Å². The predicted molar refractivity (Wildman–Crippen MR) is 66.3 cm³/mol. The molecule has 1 saturated heterocycles. The minimum atomic E-state index is -0.349. The molecule has 0 aromatic heterocycles. The molecule has 0 radical (unpaired) electrons. The third-order valence-corrected chi connectivity index (χ3v) is 3.28. The van der Waals surface area contributed by atoms with Crippen molar-refractivity contribution in [3.05, 3.63) is 30.1 Å². The summed E-state index contributed by atoms with van der Waals surface area (Å²) >= 11 is 0. The van der Waals surface area contributed by atoms with Gasteiger partial charge in [-0.2, -0.15) is 0 Å². The molecule has 1 aromatic rings. The maximum Gasteiger partial charge on any atom is 0.312 e. The Bertz CT molecular complexity index is 412. The van der Waals surface area contributed by atoms with Crippen molar-refractivity contribution in [1.29, 1.82) is 0 Å². The molecule has 2 atom stereocenters. The molecule has 0 bridgehead atoms. The van der Waals surface area contributed by atoms with E-state index in [2.05, 4.69) is 0 Å². The zero-order valence-corrected chi connectivity index (χ0v) is 10.8. The van der Waals surface area contributed by atoms with Crippen molar-refractivity contribution in [3.8, 4) is 5.75 Å². The molecule has 1 aromatic carbocycles. The summed E-state index contributed by atoms with van der Waals surface area (Å²) in [6.45, 7) is 1.42. The standard InChI is InChI=1S/C14H17FO4/c1-17-14(16)13(10-6-7-18-8-10)9-19-12-4-2-11(15)3-5-12/h2-5,10,13H,6-9H2,1H3. The molecule has 0 spiro atoms. The second-order valence-electron chi connectivity index (χ2n) is 4.52. The van der Waals surface area contributed by atoms with Gasteiger partial charge in [0.25, 0.3) is 0 Å². The number of esters is 1. The van der Waals surface area contributed by atoms with Crippen molar-refractivity contribution in [3.63, 3.8) is 0 Å². The first-order valence-corrected chi connectivity index (χ1v) is 6.24. The van der Waals surface area contributed by atoms with Crippen molar-refractivity contribution >= 4 is 5.97 Å². The Hall–Kier alpha value is -1.62. The molecule has 0 saturated carbocycles. The Morgan fingerprint density at radius 1 is 1.47 bits per heavy atom. The summed E-state index contributed by atoms with van der Waals surface area (Å²) < 4.78 is 28.4. The molecule has 1 heterocycles. The molecule has 104 valence electrons. The van der Waals surface area contributed by atoms with Gasteiger partial charge in [-0.3, -0.25) is 4.79 Å². The molecule has 19 heavy (non-hydrogen) atoms. The molecule has 2 unspecified atom stereocenters. The van der Waals surface area contributed by atoms with E-state index in [4.69, 9.17) is 14.2 Å². The van der Waals surface area contributed by atoms with Gasteiger partial charge in [0.1, 0.15) is 18.2 Å². The van der Waals surface area contributed by atoms with E-state index in [1.807, 2.05) is 0 Å². The number of benzene rings is 1. The quantitative estimate of drug-likeness (QED) is 0.766. The number of carbonyl (C=O) groups is 1. The van der Waals surface area contributed by atoms with E-state index in [0.717, 1.165) is 6.42 Å². The molecular weight excluding hydrogens is 251 g/mol. The topological polar surface area (TPSA) is 44.8 Å². The van der Waals surface area contributed by atoms with Crippen LogP contribution < -0.4 is 4.74 Å². The van der Waals surface area contributed by atoms with Crippen LogP contribution in [0, 0.1) is 17.7 Å². The zero-order chi connectivity index (χ0) is 13.7. The van der Waals surface area contributed by atoms with E-state index < -0.39 is 0 Å². The monoisotopic (exact) mass is 268 g/mol. The number of halogens is 1. The van der Waals surface area contributed by atoms with Gasteiger partial charge in [0.05, 0.1) is 19.6 Å². The molecule has 1 aliphatic heterocycles. The highest BCUT2D eigenvalue weighted by Crippen LogP contribution is 2.24. The summed E-state index contributed by atoms with van der Waals surface area (Å²) in [5, 5.41) is 0. The maximum atomic E-state index is 12.8. The van der Waals surface area contributed by atoms with Gasteiger partial charge in [0.2, 0.25) is 0 Å². The number of hydrogen-bond donors (Lipinski definition) is 0. The van der Waals surface area contributed by atoms with Gasteiger partial charge >= 0.3 is 5.97 Å². The third-order valence-electron chi connectivity index (χ3n) is 3.28. The summed E-state index contributed by atoms with van der Waals surface area (Å²) in [4.78, 5) is 11.8. The van der Waals surface area contributed by atoms with Crippen LogP contribution in [0.4, 0.5) is 4.39 Å². The minimum Gasteiger partial charge on any atom is -0.493 e. The third kappa shape index (κ3) is 3.67. The van der Waals surface area contributed by atoms with Gasteiger partial charge in [0, 0.05) is 12.5 Å². The van der Waals surface area contributed by atoms with Crippen LogP contribution in [-0.2, 0) is 14.3 Å². The number of hydrogen-bond acceptors (Lipinski definition) is 4. The van der Waals surface area contributed by atoms with Crippen LogP contribution in [-0.4, -0.2) is 32.9 Å². The lowest BCUT2D eigenvalue weighted by atomic mass is 9.92. The van der Waals surface area contributed by atoms with Crippen molar-refractivity contribution in [2.75, 3.05) is 26.9 Å². The normalized spacial score (nSPS) is 20.0. The van der Waals surface area contributed by atoms with Crippen LogP contribution in [0.5, 0.6) is 5.75 Å². The summed E-state index contributed by atoms with van der Waals surface area (Å²) in [5.41, 5.74) is 0. The SMILES string of the molecule is COC(=O)C(COc1ccc(F)cc1)C1CCOC1. The Labute approximate surface area is 111 Å². The summed E-state index contributed by atoms with van der Waals surface area (Å²) in [6.07, 6.45) is 0.826. The molecule has 2 rings (SSSR count). The number of rotatable bonds is 5. The maximum absolute atomic E-state index is 12.8. The molecule has 0 amide bonds. The van der Waals surface area contributed by atoms with Crippen molar-refractivity contribution < 1.29 is 23.4 Å². The largest absolute Gasteiger partial charge is 0.493 e. The first-order valence-electron chi connectivity index (χ1n) is 6.24. The van der Waals surface area contributed by atoms with E-state index in [0.29, 0.717) is 19.0 Å². The first kappa shape index (κ1) is 13.8. The lowest BCUT2D eigenvalue weighted by Gasteiger charge is -2.20. The average molecular weight is 268 g/mol. The van der Waals surface area contributed by atoms with E-state index >= 15 is 0 Å². The molecule has 5 heteroatoms. The zero-order valence-electron chi connectivity index (χ0n) is 10.8. The second-order valence-corrected chi connectivity index (χ2v) is 4.52. The highest BCUT2D eigenvalue weighted by atomic mass is 19.1. The number of ether oxygens (including phenoxy) is 3. The number of carbonyl (C=O) groups excluding carboxylic acids is 1. The fourth-order valence-electron chi connectivity index (χ4n) is 2.13. The van der Waals surface area contributed by atoms with Crippen LogP contribution in [0.2, 0.25) is 0 Å². The van der Waals surface area contributed by atoms with E-state index in [1.54, 1.807) is 0 Å². The Kier molecular flexibility index (Phi) is 4.74. The van der Waals surface area contributed by atoms with Crippen LogP contribution in [0.3, 0.4) is 0 Å². The smallest absolute Gasteiger partial charge is 0.312 e. The highest BCUT2D eigenvalue weighted by molar-refractivity contribution is 5.72. The summed E-state index contributed by atoms with van der Waals surface area (Å²) in [5.74, 6) is -0.307. The van der Waals surface area contributed by atoms with Crippen molar-refractivity contribution in [1.82, 2.24) is 0 Å². The van der Waals surface area contributed by atoms with Crippen LogP contribution in [0.1, 0.15) is 6.42 Å². The van der Waals surface area contributed by atoms with E-state index in [-0.39, 0.29) is 30.2 Å². The average Bonchev–Trinajstić information content (AvgIpc) is 2.94. The van der Waals surface area contributed by atoms with Gasteiger partial charge in [0.15, 0.2) is 0 Å².